The third-order valence-electron chi connectivity index (χ3n) is 5.68. The van der Waals surface area contributed by atoms with Crippen LogP contribution in [0.4, 0.5) is 4.39 Å². The molecule has 1 fully saturated rings. The second kappa shape index (κ2) is 8.54. The molecule has 0 unspecified atom stereocenters. The van der Waals surface area contributed by atoms with Crippen molar-refractivity contribution in [2.24, 2.45) is 0 Å². The molecule has 0 aliphatic carbocycles. The first-order valence-electron chi connectivity index (χ1n) is 10.7. The lowest BCUT2D eigenvalue weighted by atomic mass is 9.95. The largest absolute Gasteiger partial charge is 0.488 e. The minimum absolute atomic E-state index is 0.106. The monoisotopic (exact) mass is 466 g/mol. The Morgan fingerprint density at radius 1 is 1.24 bits per heavy atom. The van der Waals surface area contributed by atoms with Crippen molar-refractivity contribution in [2.45, 2.75) is 12.5 Å². The number of hydrogen-bond donors (Lipinski definition) is 2. The maximum Gasteiger partial charge on any atom is 0.254 e. The summed E-state index contributed by atoms with van der Waals surface area (Å²) in [6.07, 6.45) is 0. The lowest BCUT2D eigenvalue weighted by Gasteiger charge is -2.44. The molecule has 1 aliphatic rings. The second-order valence-corrected chi connectivity index (χ2v) is 8.55. The molecule has 0 atom stereocenters. The van der Waals surface area contributed by atoms with Gasteiger partial charge in [0, 0.05) is 35.8 Å². The van der Waals surface area contributed by atoms with Crippen LogP contribution in [0.5, 0.6) is 5.75 Å². The van der Waals surface area contributed by atoms with Gasteiger partial charge >= 0.3 is 0 Å². The van der Waals surface area contributed by atoms with Crippen molar-refractivity contribution in [1.82, 2.24) is 20.3 Å². The van der Waals surface area contributed by atoms with E-state index in [2.05, 4.69) is 15.4 Å². The minimum atomic E-state index is -0.815. The summed E-state index contributed by atoms with van der Waals surface area (Å²) in [5.74, 6) is -0.171. The molecule has 1 aliphatic heterocycles. The van der Waals surface area contributed by atoms with Crippen LogP contribution in [0.15, 0.2) is 47.0 Å². The Morgan fingerprint density at radius 2 is 2.00 bits per heavy atom. The highest BCUT2D eigenvalue weighted by Crippen LogP contribution is 2.33. The van der Waals surface area contributed by atoms with E-state index >= 15 is 0 Å². The number of ether oxygens (including phenoxy) is 2. The first-order valence-corrected chi connectivity index (χ1v) is 10.7. The molecule has 1 saturated heterocycles. The summed E-state index contributed by atoms with van der Waals surface area (Å²) in [6.45, 7) is 2.92. The number of benzene rings is 2. The Morgan fingerprint density at radius 3 is 2.71 bits per heavy atom. The molecule has 0 bridgehead atoms. The molecule has 34 heavy (non-hydrogen) atoms. The first kappa shape index (κ1) is 22.1. The van der Waals surface area contributed by atoms with E-state index in [-0.39, 0.29) is 18.3 Å². The molecule has 3 heterocycles. The zero-order valence-electron chi connectivity index (χ0n) is 18.7. The zero-order chi connectivity index (χ0) is 23.9. The van der Waals surface area contributed by atoms with Crippen LogP contribution in [0.1, 0.15) is 17.3 Å². The number of aromatic nitrogens is 3. The predicted molar refractivity (Wildman–Crippen MR) is 121 cm³/mol. The third kappa shape index (κ3) is 4.13. The SMILES string of the molecule is COCCOc1cc2[nH]nc(-c3cc(-c4ccc(C(=O)N5CC(C)(O)C5)cc4)no3)c2cc1F. The summed E-state index contributed by atoms with van der Waals surface area (Å²) in [5.41, 5.74) is 2.03. The van der Waals surface area contributed by atoms with Gasteiger partial charge in [-0.05, 0) is 25.1 Å². The fraction of sp³-hybridized carbons (Fsp3) is 0.292. The lowest BCUT2D eigenvalue weighted by Crippen LogP contribution is -2.61. The van der Waals surface area contributed by atoms with Gasteiger partial charge in [-0.15, -0.1) is 0 Å². The number of β-amino-alcohol motifs (C(OH)–C–C–N with tert-alkyl or cyclic N) is 1. The van der Waals surface area contributed by atoms with Gasteiger partial charge in [0.2, 0.25) is 0 Å². The summed E-state index contributed by atoms with van der Waals surface area (Å²) in [7, 11) is 1.54. The van der Waals surface area contributed by atoms with Crippen LogP contribution in [-0.4, -0.2) is 70.3 Å². The Balaban J connectivity index is 1.34. The van der Waals surface area contributed by atoms with Gasteiger partial charge in [-0.25, -0.2) is 4.39 Å². The van der Waals surface area contributed by atoms with Gasteiger partial charge in [0.05, 0.1) is 30.8 Å². The zero-order valence-corrected chi connectivity index (χ0v) is 18.7. The Bertz CT molecular complexity index is 1340. The van der Waals surface area contributed by atoms with E-state index in [1.165, 1.54) is 6.07 Å². The van der Waals surface area contributed by atoms with Gasteiger partial charge in [-0.3, -0.25) is 9.89 Å². The fourth-order valence-electron chi connectivity index (χ4n) is 3.96. The fourth-order valence-corrected chi connectivity index (χ4v) is 3.96. The number of H-pyrrole nitrogens is 1. The van der Waals surface area contributed by atoms with Gasteiger partial charge < -0.3 is 24.0 Å². The molecule has 5 rings (SSSR count). The summed E-state index contributed by atoms with van der Waals surface area (Å²) < 4.78 is 30.3. The minimum Gasteiger partial charge on any atom is -0.488 e. The van der Waals surface area contributed by atoms with Crippen molar-refractivity contribution < 1.29 is 28.3 Å². The molecule has 9 nitrogen and oxygen atoms in total. The van der Waals surface area contributed by atoms with Crippen molar-refractivity contribution >= 4 is 16.8 Å². The quantitative estimate of drug-likeness (QED) is 0.402. The Hall–Kier alpha value is -3.76. The van der Waals surface area contributed by atoms with Crippen LogP contribution >= 0.6 is 0 Å². The maximum atomic E-state index is 14.5. The molecular weight excluding hydrogens is 443 g/mol. The molecule has 4 aromatic rings. The number of carbonyl (C=O) groups is 1. The van der Waals surface area contributed by atoms with Gasteiger partial charge in [-0.2, -0.15) is 5.10 Å². The van der Waals surface area contributed by atoms with E-state index in [1.54, 1.807) is 55.3 Å². The van der Waals surface area contributed by atoms with Crippen molar-refractivity contribution in [1.29, 1.82) is 0 Å². The van der Waals surface area contributed by atoms with Crippen LogP contribution in [0.3, 0.4) is 0 Å². The van der Waals surface area contributed by atoms with Crippen molar-refractivity contribution in [3.63, 3.8) is 0 Å². The van der Waals surface area contributed by atoms with Crippen molar-refractivity contribution in [3.05, 3.63) is 53.8 Å². The summed E-state index contributed by atoms with van der Waals surface area (Å²) in [6, 6.07) is 11.6. The topological polar surface area (TPSA) is 114 Å². The van der Waals surface area contributed by atoms with Crippen LogP contribution in [0.2, 0.25) is 0 Å². The number of nitrogens with zero attached hydrogens (tertiary/aromatic N) is 3. The number of likely N-dealkylation sites (tertiary alicyclic amines) is 1. The number of amides is 1. The number of nitrogens with one attached hydrogen (secondary N) is 1. The third-order valence-corrected chi connectivity index (χ3v) is 5.68. The molecule has 176 valence electrons. The van der Waals surface area contributed by atoms with Crippen molar-refractivity contribution in [2.75, 3.05) is 33.4 Å². The van der Waals surface area contributed by atoms with Gasteiger partial charge in [0.15, 0.2) is 17.3 Å². The van der Waals surface area contributed by atoms with Crippen LogP contribution in [0, 0.1) is 5.82 Å². The van der Waals surface area contributed by atoms with Gasteiger partial charge in [-0.1, -0.05) is 17.3 Å². The highest BCUT2D eigenvalue weighted by molar-refractivity contribution is 5.95. The average Bonchev–Trinajstić information content (AvgIpc) is 3.44. The normalized spacial score (nSPS) is 14.9. The van der Waals surface area contributed by atoms with Gasteiger partial charge in [0.25, 0.3) is 5.91 Å². The summed E-state index contributed by atoms with van der Waals surface area (Å²) in [5, 5.41) is 21.6. The summed E-state index contributed by atoms with van der Waals surface area (Å²) in [4.78, 5) is 14.1. The van der Waals surface area contributed by atoms with Crippen LogP contribution < -0.4 is 4.74 Å². The average molecular weight is 466 g/mol. The molecule has 10 heteroatoms. The number of hydrogen-bond acceptors (Lipinski definition) is 7. The number of methoxy groups -OCH3 is 1. The maximum absolute atomic E-state index is 14.5. The highest BCUT2D eigenvalue weighted by atomic mass is 19.1. The number of carbonyl (C=O) groups excluding carboxylic acids is 1. The van der Waals surface area contributed by atoms with E-state index in [0.717, 1.165) is 5.56 Å². The van der Waals surface area contributed by atoms with E-state index in [9.17, 15) is 14.3 Å². The second-order valence-electron chi connectivity index (χ2n) is 8.55. The van der Waals surface area contributed by atoms with E-state index in [4.69, 9.17) is 14.0 Å². The Labute approximate surface area is 194 Å². The van der Waals surface area contributed by atoms with Gasteiger partial charge in [0.1, 0.15) is 18.0 Å². The van der Waals surface area contributed by atoms with E-state index < -0.39 is 11.4 Å². The van der Waals surface area contributed by atoms with Crippen LogP contribution in [0.25, 0.3) is 33.6 Å². The molecule has 2 N–H and O–H groups in total. The molecule has 2 aromatic heterocycles. The lowest BCUT2D eigenvalue weighted by molar-refractivity contribution is -0.0668. The smallest absolute Gasteiger partial charge is 0.254 e. The molecule has 0 radical (unpaired) electrons. The highest BCUT2D eigenvalue weighted by Gasteiger charge is 2.39. The number of rotatable bonds is 7. The molecule has 0 spiro atoms. The molecular formula is C24H23FN4O5. The number of fused-ring (bicyclic) bond motifs is 1. The number of aromatic amines is 1. The van der Waals surface area contributed by atoms with Crippen molar-refractivity contribution in [3.8, 4) is 28.5 Å². The number of aliphatic hydroxyl groups is 1. The molecule has 2 aromatic carbocycles. The number of halogens is 1. The predicted octanol–water partition coefficient (Wildman–Crippen LogP) is 3.26. The standard InChI is InChI=1S/C24H23FN4O5/c1-24(31)12-29(13-24)23(30)15-5-3-14(4-6-15)18-10-21(34-28-18)22-16-9-17(25)20(33-8-7-32-2)11-19(16)26-27-22/h3-6,9-11,31H,7-8,12-13H2,1-2H3,(H,26,27). The van der Waals surface area contributed by atoms with E-state index in [1.807, 2.05) is 0 Å². The Kier molecular flexibility index (Phi) is 5.54. The molecule has 1 amide bonds. The molecule has 0 saturated carbocycles. The van der Waals surface area contributed by atoms with E-state index in [0.29, 0.717) is 53.3 Å². The van der Waals surface area contributed by atoms with Crippen LogP contribution in [-0.2, 0) is 4.74 Å². The first-order chi connectivity index (χ1) is 16.3. The summed E-state index contributed by atoms with van der Waals surface area (Å²) >= 11 is 0.